The smallest absolute Gasteiger partial charge is 0.362 e. The minimum atomic E-state index is -2.36. The van der Waals surface area contributed by atoms with E-state index in [0.29, 0.717) is 33.0 Å². The van der Waals surface area contributed by atoms with Crippen LogP contribution in [0.25, 0.3) is 0 Å². The third kappa shape index (κ3) is 11.6. The standard InChI is InChI=1S/C13H32O8Si5/c1-14-9-10-16-12-11-15-8-7-13-26(6)20-24(4)18-22(2)17-23(3)19-25(5)21-26/h7-13H2,1-6H3. The number of methoxy groups -OCH3 is 1. The van der Waals surface area contributed by atoms with Gasteiger partial charge in [0.1, 0.15) is 0 Å². The van der Waals surface area contributed by atoms with Gasteiger partial charge in [0.25, 0.3) is 0 Å². The Balaban J connectivity index is 2.35. The Morgan fingerprint density at radius 3 is 1.69 bits per heavy atom. The molecule has 13 heteroatoms. The van der Waals surface area contributed by atoms with Crippen LogP contribution in [0.3, 0.4) is 0 Å². The Morgan fingerprint density at radius 2 is 1.15 bits per heavy atom. The molecule has 0 aromatic heterocycles. The molecule has 4 radical (unpaired) electrons. The highest BCUT2D eigenvalue weighted by molar-refractivity contribution is 6.80. The van der Waals surface area contributed by atoms with Crippen LogP contribution in [0.1, 0.15) is 6.42 Å². The summed E-state index contributed by atoms with van der Waals surface area (Å²) in [6.45, 7) is 13.1. The maximum Gasteiger partial charge on any atom is 0.362 e. The van der Waals surface area contributed by atoms with Crippen LogP contribution in [0.4, 0.5) is 0 Å². The maximum absolute atomic E-state index is 6.27. The van der Waals surface area contributed by atoms with Crippen molar-refractivity contribution < 1.29 is 34.8 Å². The third-order valence-electron chi connectivity index (χ3n) is 3.31. The van der Waals surface area contributed by atoms with E-state index in [4.69, 9.17) is 34.8 Å². The lowest BCUT2D eigenvalue weighted by atomic mass is 10.5. The number of hydrogen-bond acceptors (Lipinski definition) is 8. The normalized spacial score (nSPS) is 21.9. The molecule has 0 spiro atoms. The average molecular weight is 457 g/mol. The highest BCUT2D eigenvalue weighted by atomic mass is 28.5. The van der Waals surface area contributed by atoms with Crippen LogP contribution in [0.2, 0.25) is 38.8 Å². The summed E-state index contributed by atoms with van der Waals surface area (Å²) < 4.78 is 46.1. The molecule has 1 fully saturated rings. The summed E-state index contributed by atoms with van der Waals surface area (Å²) in [5.74, 6) is 0. The van der Waals surface area contributed by atoms with Crippen molar-refractivity contribution in [2.24, 2.45) is 0 Å². The molecule has 1 aliphatic rings. The van der Waals surface area contributed by atoms with Crippen molar-refractivity contribution >= 4 is 45.7 Å². The zero-order valence-corrected chi connectivity index (χ0v) is 21.7. The zero-order valence-electron chi connectivity index (χ0n) is 16.7. The lowest BCUT2D eigenvalue weighted by Crippen LogP contribution is -2.52. The van der Waals surface area contributed by atoms with E-state index in [1.165, 1.54) is 0 Å². The number of hydrogen-bond donors (Lipinski definition) is 0. The molecule has 0 aliphatic carbocycles. The lowest BCUT2D eigenvalue weighted by Gasteiger charge is -2.34. The van der Waals surface area contributed by atoms with Crippen molar-refractivity contribution in [3.05, 3.63) is 0 Å². The Morgan fingerprint density at radius 1 is 0.692 bits per heavy atom. The van der Waals surface area contributed by atoms with Crippen molar-refractivity contribution in [2.75, 3.05) is 40.1 Å². The third-order valence-corrected chi connectivity index (χ3v) is 17.2. The topological polar surface area (TPSA) is 73.8 Å². The molecule has 0 aromatic carbocycles. The highest BCUT2D eigenvalue weighted by Gasteiger charge is 2.39. The fraction of sp³-hybridized carbons (Fsp3) is 1.00. The van der Waals surface area contributed by atoms with E-state index < -0.39 is 45.7 Å². The van der Waals surface area contributed by atoms with E-state index in [9.17, 15) is 0 Å². The first kappa shape index (κ1) is 24.8. The summed E-state index contributed by atoms with van der Waals surface area (Å²) >= 11 is 0. The van der Waals surface area contributed by atoms with E-state index in [-0.39, 0.29) is 0 Å². The maximum atomic E-state index is 6.27. The molecule has 0 amide bonds. The molecule has 0 saturated carbocycles. The first-order chi connectivity index (χ1) is 12.3. The minimum Gasteiger partial charge on any atom is -0.415 e. The first-order valence-corrected chi connectivity index (χ1v) is 18.5. The SMILES string of the molecule is COCCOCCOCCC[Si]1(C)O[Si](C)O[Si](C)O[Si](C)O[Si](C)O1. The van der Waals surface area contributed by atoms with Crippen LogP contribution in [-0.4, -0.2) is 85.8 Å². The van der Waals surface area contributed by atoms with Gasteiger partial charge in [0.2, 0.25) is 0 Å². The fourth-order valence-electron chi connectivity index (χ4n) is 2.38. The van der Waals surface area contributed by atoms with E-state index >= 15 is 0 Å². The van der Waals surface area contributed by atoms with Gasteiger partial charge in [-0.3, -0.25) is 0 Å². The van der Waals surface area contributed by atoms with Gasteiger partial charge in [0.15, 0.2) is 0 Å². The van der Waals surface area contributed by atoms with Crippen molar-refractivity contribution in [3.8, 4) is 0 Å². The van der Waals surface area contributed by atoms with Gasteiger partial charge < -0.3 is 34.8 Å². The van der Waals surface area contributed by atoms with Gasteiger partial charge in [0, 0.05) is 13.7 Å². The first-order valence-electron chi connectivity index (χ1n) is 8.75. The molecule has 26 heavy (non-hydrogen) atoms. The van der Waals surface area contributed by atoms with Gasteiger partial charge in [-0.1, -0.05) is 0 Å². The summed E-state index contributed by atoms with van der Waals surface area (Å²) in [5.41, 5.74) is 0. The summed E-state index contributed by atoms with van der Waals surface area (Å²) in [6, 6.07) is 0.854. The van der Waals surface area contributed by atoms with E-state index in [2.05, 4.69) is 6.55 Å². The second-order valence-electron chi connectivity index (χ2n) is 5.93. The quantitative estimate of drug-likeness (QED) is 0.363. The largest absolute Gasteiger partial charge is 0.415 e. The van der Waals surface area contributed by atoms with Gasteiger partial charge in [-0.05, 0) is 45.2 Å². The van der Waals surface area contributed by atoms with Crippen LogP contribution < -0.4 is 0 Å². The number of ether oxygens (including phenoxy) is 3. The van der Waals surface area contributed by atoms with Gasteiger partial charge >= 0.3 is 45.7 Å². The fourth-order valence-corrected chi connectivity index (χ4v) is 16.4. The van der Waals surface area contributed by atoms with Crippen molar-refractivity contribution in [2.45, 2.75) is 45.2 Å². The van der Waals surface area contributed by atoms with Crippen LogP contribution in [0, 0.1) is 0 Å². The lowest BCUT2D eigenvalue weighted by molar-refractivity contribution is 0.0247. The summed E-state index contributed by atoms with van der Waals surface area (Å²) in [4.78, 5) is 0. The molecule has 0 bridgehead atoms. The predicted molar refractivity (Wildman–Crippen MR) is 106 cm³/mol. The van der Waals surface area contributed by atoms with Gasteiger partial charge in [-0.15, -0.1) is 0 Å². The Bertz CT molecular complexity index is 351. The van der Waals surface area contributed by atoms with Crippen LogP contribution in [-0.2, 0) is 34.8 Å². The molecular formula is C13H32O8Si5. The van der Waals surface area contributed by atoms with E-state index in [0.717, 1.165) is 12.5 Å². The second-order valence-corrected chi connectivity index (χ2v) is 16.7. The molecule has 1 rings (SSSR count). The predicted octanol–water partition coefficient (Wildman–Crippen LogP) is 1.70. The van der Waals surface area contributed by atoms with Gasteiger partial charge in [-0.25, -0.2) is 0 Å². The minimum absolute atomic E-state index is 0.583. The molecule has 0 aromatic rings. The Labute approximate surface area is 166 Å². The molecule has 0 unspecified atom stereocenters. The molecule has 8 nitrogen and oxygen atoms in total. The van der Waals surface area contributed by atoms with E-state index in [1.807, 2.05) is 26.2 Å². The van der Waals surface area contributed by atoms with Crippen molar-refractivity contribution in [1.82, 2.24) is 0 Å². The molecule has 1 aliphatic heterocycles. The summed E-state index contributed by atoms with van der Waals surface area (Å²) in [7, 11) is -6.13. The molecule has 0 N–H and O–H groups in total. The number of rotatable bonds is 10. The van der Waals surface area contributed by atoms with Crippen molar-refractivity contribution in [1.29, 1.82) is 0 Å². The van der Waals surface area contributed by atoms with Crippen LogP contribution in [0.15, 0.2) is 0 Å². The van der Waals surface area contributed by atoms with Crippen LogP contribution >= 0.6 is 0 Å². The second kappa shape index (κ2) is 13.9. The van der Waals surface area contributed by atoms with Gasteiger partial charge in [-0.2, -0.15) is 0 Å². The Hall–Kier alpha value is 0.764. The summed E-state index contributed by atoms with van der Waals surface area (Å²) in [5, 5.41) is 0. The Kier molecular flexibility index (Phi) is 13.2. The average Bonchev–Trinajstić information content (AvgIpc) is 2.51. The monoisotopic (exact) mass is 456 g/mol. The molecule has 1 heterocycles. The molecule has 1 saturated heterocycles. The summed E-state index contributed by atoms with van der Waals surface area (Å²) in [6.07, 6.45) is 0.884. The van der Waals surface area contributed by atoms with Crippen LogP contribution in [0.5, 0.6) is 0 Å². The zero-order chi connectivity index (χ0) is 19.4. The molecular weight excluding hydrogens is 425 g/mol. The highest BCUT2D eigenvalue weighted by Crippen LogP contribution is 2.21. The van der Waals surface area contributed by atoms with Crippen molar-refractivity contribution in [3.63, 3.8) is 0 Å². The molecule has 0 atom stereocenters. The molecule has 152 valence electrons. The van der Waals surface area contributed by atoms with E-state index in [1.54, 1.807) is 7.11 Å². The van der Waals surface area contributed by atoms with Gasteiger partial charge in [0.05, 0.1) is 26.4 Å².